The number of halogens is 1. The molecule has 1 aromatic carbocycles. The number of rotatable bonds is 6. The van der Waals surface area contributed by atoms with Crippen molar-refractivity contribution in [2.45, 2.75) is 71.7 Å². The number of ketones is 1. The van der Waals surface area contributed by atoms with Crippen LogP contribution in [-0.2, 0) is 23.2 Å². The van der Waals surface area contributed by atoms with E-state index in [1.165, 1.54) is 16.0 Å². The SMILES string of the molecule is Cc1ccc(CCSc2ccc(C(C)(C)C)cc2)c[n+]1CC(=O)C(C)(C)C.[Br-]. The summed E-state index contributed by atoms with van der Waals surface area (Å²) in [6.07, 6.45) is 3.14. The van der Waals surface area contributed by atoms with Crippen LogP contribution < -0.4 is 21.5 Å². The van der Waals surface area contributed by atoms with Crippen molar-refractivity contribution >= 4 is 17.5 Å². The van der Waals surface area contributed by atoms with Crippen molar-refractivity contribution in [3.63, 3.8) is 0 Å². The van der Waals surface area contributed by atoms with Gasteiger partial charge in [0.2, 0.25) is 12.3 Å². The molecule has 0 aliphatic heterocycles. The first kappa shape index (κ1) is 24.9. The molecule has 1 aromatic heterocycles. The molecule has 1 heterocycles. The zero-order chi connectivity index (χ0) is 20.2. The van der Waals surface area contributed by atoms with Gasteiger partial charge in [-0.2, -0.15) is 4.57 Å². The number of thioether (sulfide) groups is 1. The lowest BCUT2D eigenvalue weighted by Gasteiger charge is -2.19. The lowest BCUT2D eigenvalue weighted by molar-refractivity contribution is -0.691. The Hall–Kier alpha value is -1.13. The van der Waals surface area contributed by atoms with E-state index in [2.05, 4.69) is 74.9 Å². The third kappa shape index (κ3) is 7.36. The van der Waals surface area contributed by atoms with Gasteiger partial charge in [-0.25, -0.2) is 0 Å². The molecule has 0 atom stereocenters. The third-order valence-electron chi connectivity index (χ3n) is 4.84. The van der Waals surface area contributed by atoms with Gasteiger partial charge in [0, 0.05) is 34.6 Å². The summed E-state index contributed by atoms with van der Waals surface area (Å²) < 4.78 is 2.09. The molecule has 0 aliphatic carbocycles. The fourth-order valence-corrected chi connectivity index (χ4v) is 3.62. The number of hydrogen-bond acceptors (Lipinski definition) is 2. The van der Waals surface area contributed by atoms with Gasteiger partial charge >= 0.3 is 0 Å². The zero-order valence-corrected chi connectivity index (χ0v) is 20.7. The highest BCUT2D eigenvalue weighted by Gasteiger charge is 2.25. The molecular formula is C24H34BrNOS. The average Bonchev–Trinajstić information content (AvgIpc) is 2.56. The van der Waals surface area contributed by atoms with Crippen LogP contribution >= 0.6 is 11.8 Å². The van der Waals surface area contributed by atoms with Crippen LogP contribution in [0.3, 0.4) is 0 Å². The van der Waals surface area contributed by atoms with Gasteiger partial charge in [-0.3, -0.25) is 4.79 Å². The molecule has 2 nitrogen and oxygen atoms in total. The largest absolute Gasteiger partial charge is 1.00 e. The van der Waals surface area contributed by atoms with E-state index in [0.717, 1.165) is 17.9 Å². The predicted octanol–water partition coefficient (Wildman–Crippen LogP) is 2.53. The minimum absolute atomic E-state index is 0. The molecule has 0 radical (unpaired) electrons. The van der Waals surface area contributed by atoms with E-state index in [4.69, 9.17) is 0 Å². The van der Waals surface area contributed by atoms with Crippen molar-refractivity contribution in [3.8, 4) is 0 Å². The van der Waals surface area contributed by atoms with Gasteiger partial charge in [-0.15, -0.1) is 11.8 Å². The highest BCUT2D eigenvalue weighted by atomic mass is 79.9. The molecule has 0 unspecified atom stereocenters. The highest BCUT2D eigenvalue weighted by molar-refractivity contribution is 7.99. The smallest absolute Gasteiger partial charge is 0.207 e. The number of pyridine rings is 1. The topological polar surface area (TPSA) is 20.9 Å². The molecular weight excluding hydrogens is 430 g/mol. The Morgan fingerprint density at radius 1 is 0.964 bits per heavy atom. The third-order valence-corrected chi connectivity index (χ3v) is 5.86. The molecule has 2 aromatic rings. The number of nitrogens with zero attached hydrogens (tertiary/aromatic N) is 1. The molecule has 4 heteroatoms. The molecule has 28 heavy (non-hydrogen) atoms. The van der Waals surface area contributed by atoms with Crippen LogP contribution in [0.4, 0.5) is 0 Å². The monoisotopic (exact) mass is 463 g/mol. The number of benzene rings is 1. The summed E-state index contributed by atoms with van der Waals surface area (Å²) in [5.74, 6) is 1.30. The summed E-state index contributed by atoms with van der Waals surface area (Å²) in [4.78, 5) is 13.7. The van der Waals surface area contributed by atoms with E-state index >= 15 is 0 Å². The standard InChI is InChI=1S/C24H34NOS.BrH/c1-18-8-9-19(16-25(18)17-22(26)24(5,6)7)14-15-27-21-12-10-20(11-13-21)23(2,3)4;/h8-13,16H,14-15,17H2,1-7H3;1H/q+1;/p-1. The van der Waals surface area contributed by atoms with E-state index in [1.807, 2.05) is 32.5 Å². The van der Waals surface area contributed by atoms with Crippen LogP contribution in [0.2, 0.25) is 0 Å². The van der Waals surface area contributed by atoms with Gasteiger partial charge in [0.25, 0.3) is 0 Å². The van der Waals surface area contributed by atoms with E-state index in [1.54, 1.807) is 0 Å². The highest BCUT2D eigenvalue weighted by Crippen LogP contribution is 2.26. The molecule has 0 N–H and O–H groups in total. The maximum Gasteiger partial charge on any atom is 0.207 e. The molecule has 2 rings (SSSR count). The lowest BCUT2D eigenvalue weighted by atomic mass is 9.87. The first-order valence-corrected chi connectivity index (χ1v) is 10.7. The Bertz CT molecular complexity index is 786. The summed E-state index contributed by atoms with van der Waals surface area (Å²) in [7, 11) is 0. The maximum absolute atomic E-state index is 12.4. The van der Waals surface area contributed by atoms with E-state index in [0.29, 0.717) is 6.54 Å². The van der Waals surface area contributed by atoms with Crippen molar-refractivity contribution in [1.29, 1.82) is 0 Å². The van der Waals surface area contributed by atoms with Crippen molar-refractivity contribution < 1.29 is 26.3 Å². The Labute approximate surface area is 185 Å². The second-order valence-corrected chi connectivity index (χ2v) is 10.5. The average molecular weight is 465 g/mol. The molecule has 0 bridgehead atoms. The zero-order valence-electron chi connectivity index (χ0n) is 18.3. The summed E-state index contributed by atoms with van der Waals surface area (Å²) >= 11 is 1.89. The van der Waals surface area contributed by atoms with Crippen LogP contribution in [-0.4, -0.2) is 11.5 Å². The number of aromatic nitrogens is 1. The second-order valence-electron chi connectivity index (χ2n) is 9.35. The van der Waals surface area contributed by atoms with Crippen LogP contribution in [0.15, 0.2) is 47.5 Å². The van der Waals surface area contributed by atoms with Crippen LogP contribution in [0, 0.1) is 12.3 Å². The molecule has 0 saturated heterocycles. The van der Waals surface area contributed by atoms with Gasteiger partial charge in [-0.1, -0.05) is 53.7 Å². The Morgan fingerprint density at radius 2 is 1.57 bits per heavy atom. The number of carbonyl (C=O) groups is 1. The van der Waals surface area contributed by atoms with Crippen molar-refractivity contribution in [3.05, 3.63) is 59.4 Å². The maximum atomic E-state index is 12.4. The Kier molecular flexibility index (Phi) is 8.95. The summed E-state index contributed by atoms with van der Waals surface area (Å²) in [6.45, 7) is 15.2. The van der Waals surface area contributed by atoms with E-state index in [9.17, 15) is 4.79 Å². The molecule has 0 spiro atoms. The van der Waals surface area contributed by atoms with Crippen molar-refractivity contribution in [2.24, 2.45) is 5.41 Å². The normalized spacial score (nSPS) is 11.8. The first-order chi connectivity index (χ1) is 12.5. The van der Waals surface area contributed by atoms with Gasteiger partial charge < -0.3 is 17.0 Å². The quantitative estimate of drug-likeness (QED) is 0.484. The van der Waals surface area contributed by atoms with Crippen LogP contribution in [0.5, 0.6) is 0 Å². The predicted molar refractivity (Wildman–Crippen MR) is 115 cm³/mol. The molecule has 0 amide bonds. The first-order valence-electron chi connectivity index (χ1n) is 9.72. The van der Waals surface area contributed by atoms with Crippen molar-refractivity contribution in [1.82, 2.24) is 0 Å². The number of aryl methyl sites for hydroxylation is 2. The summed E-state index contributed by atoms with van der Waals surface area (Å²) in [6, 6.07) is 13.2. The minimum atomic E-state index is -0.301. The molecule has 0 fully saturated rings. The van der Waals surface area contributed by atoms with Crippen LogP contribution in [0.25, 0.3) is 0 Å². The second kappa shape index (κ2) is 10.1. The van der Waals surface area contributed by atoms with E-state index < -0.39 is 0 Å². The van der Waals surface area contributed by atoms with Crippen LogP contribution in [0.1, 0.15) is 58.4 Å². The number of Topliss-reactive ketones (excluding diaryl/α,β-unsaturated/α-hetero) is 1. The molecule has 154 valence electrons. The van der Waals surface area contributed by atoms with E-state index in [-0.39, 0.29) is 33.6 Å². The van der Waals surface area contributed by atoms with Gasteiger partial charge in [0.1, 0.15) is 0 Å². The van der Waals surface area contributed by atoms with Gasteiger partial charge in [0.05, 0.1) is 0 Å². The Morgan fingerprint density at radius 3 is 2.11 bits per heavy atom. The Balaban J connectivity index is 0.00000392. The van der Waals surface area contributed by atoms with Crippen molar-refractivity contribution in [2.75, 3.05) is 5.75 Å². The number of carbonyl (C=O) groups excluding carboxylic acids is 1. The number of hydrogen-bond donors (Lipinski definition) is 0. The van der Waals surface area contributed by atoms with Gasteiger partial charge in [-0.05, 0) is 35.6 Å². The summed E-state index contributed by atoms with van der Waals surface area (Å²) in [5.41, 5.74) is 3.67. The van der Waals surface area contributed by atoms with Gasteiger partial charge in [0.15, 0.2) is 11.9 Å². The fraction of sp³-hybridized carbons (Fsp3) is 0.500. The summed E-state index contributed by atoms with van der Waals surface area (Å²) in [5, 5.41) is 0. The lowest BCUT2D eigenvalue weighted by Crippen LogP contribution is -3.00. The molecule has 0 saturated carbocycles. The minimum Gasteiger partial charge on any atom is -1.00 e. The fourth-order valence-electron chi connectivity index (χ4n) is 2.72. The molecule has 0 aliphatic rings.